The van der Waals surface area contributed by atoms with E-state index in [0.717, 1.165) is 5.56 Å². The van der Waals surface area contributed by atoms with E-state index in [1.807, 2.05) is 30.3 Å². The smallest absolute Gasteiger partial charge is 0.263 e. The highest BCUT2D eigenvalue weighted by Gasteiger charge is 2.07. The monoisotopic (exact) mass is 321 g/mol. The van der Waals surface area contributed by atoms with Crippen molar-refractivity contribution in [3.05, 3.63) is 46.6 Å². The van der Waals surface area contributed by atoms with Gasteiger partial charge in [0.05, 0.1) is 0 Å². The van der Waals surface area contributed by atoms with Gasteiger partial charge in [-0.15, -0.1) is 0 Å². The van der Waals surface area contributed by atoms with Gasteiger partial charge in [-0.3, -0.25) is 4.79 Å². The third kappa shape index (κ3) is 6.61. The maximum atomic E-state index is 11.8. The number of nitriles is 1. The number of benzene rings is 1. The Morgan fingerprint density at radius 3 is 2.86 bits per heavy atom. The van der Waals surface area contributed by atoms with E-state index in [9.17, 15) is 4.79 Å². The summed E-state index contributed by atoms with van der Waals surface area (Å²) >= 11 is 6.06. The highest BCUT2D eigenvalue weighted by molar-refractivity contribution is 6.31. The lowest BCUT2D eigenvalue weighted by molar-refractivity contribution is -0.117. The van der Waals surface area contributed by atoms with Gasteiger partial charge < -0.3 is 15.4 Å². The minimum absolute atomic E-state index is 0.0524. The van der Waals surface area contributed by atoms with Crippen LogP contribution in [0.3, 0.4) is 0 Å². The molecule has 0 aromatic heterocycles. The van der Waals surface area contributed by atoms with Gasteiger partial charge in [-0.1, -0.05) is 29.8 Å². The zero-order chi connectivity index (χ0) is 16.2. The Labute approximate surface area is 135 Å². The number of hydrogen-bond donors (Lipinski definition) is 2. The van der Waals surface area contributed by atoms with Crippen LogP contribution in [0.25, 0.3) is 0 Å². The van der Waals surface area contributed by atoms with Crippen LogP contribution in [-0.2, 0) is 16.0 Å². The molecule has 118 valence electrons. The number of ether oxygens (including phenoxy) is 1. The van der Waals surface area contributed by atoms with E-state index in [-0.39, 0.29) is 11.5 Å². The van der Waals surface area contributed by atoms with Gasteiger partial charge in [0, 0.05) is 38.0 Å². The lowest BCUT2D eigenvalue weighted by Gasteiger charge is -2.06. The summed E-state index contributed by atoms with van der Waals surface area (Å²) in [5.74, 6) is -0.385. The van der Waals surface area contributed by atoms with Gasteiger partial charge in [0.25, 0.3) is 5.91 Å². The maximum absolute atomic E-state index is 11.8. The van der Waals surface area contributed by atoms with Gasteiger partial charge in [0.2, 0.25) is 0 Å². The molecule has 0 unspecified atom stereocenters. The molecule has 0 bridgehead atoms. The number of hydrogen-bond acceptors (Lipinski definition) is 4. The topological polar surface area (TPSA) is 74.1 Å². The highest BCUT2D eigenvalue weighted by Crippen LogP contribution is 2.14. The second kappa shape index (κ2) is 10.7. The van der Waals surface area contributed by atoms with Gasteiger partial charge in [-0.05, 0) is 24.5 Å². The molecule has 0 saturated carbocycles. The minimum atomic E-state index is -0.385. The Hall–Kier alpha value is -2.03. The van der Waals surface area contributed by atoms with E-state index in [1.165, 1.54) is 6.20 Å². The van der Waals surface area contributed by atoms with E-state index < -0.39 is 0 Å². The molecule has 0 aliphatic heterocycles. The van der Waals surface area contributed by atoms with Gasteiger partial charge in [-0.2, -0.15) is 5.26 Å². The Bertz CT molecular complexity index is 553. The molecule has 1 aromatic rings. The molecule has 1 rings (SSSR count). The molecule has 2 N–H and O–H groups in total. The van der Waals surface area contributed by atoms with Crippen LogP contribution < -0.4 is 10.6 Å². The van der Waals surface area contributed by atoms with Crippen molar-refractivity contribution in [1.82, 2.24) is 10.6 Å². The van der Waals surface area contributed by atoms with Crippen LogP contribution in [0.1, 0.15) is 12.0 Å². The number of rotatable bonds is 9. The Morgan fingerprint density at radius 1 is 1.41 bits per heavy atom. The molecule has 1 amide bonds. The number of carbonyl (C=O) groups excluding carboxylic acids is 1. The molecular weight excluding hydrogens is 302 g/mol. The summed E-state index contributed by atoms with van der Waals surface area (Å²) in [4.78, 5) is 11.8. The summed E-state index contributed by atoms with van der Waals surface area (Å²) in [5, 5.41) is 15.3. The molecule has 22 heavy (non-hydrogen) atoms. The largest absolute Gasteiger partial charge is 0.389 e. The summed E-state index contributed by atoms with van der Waals surface area (Å²) < 4.78 is 4.89. The second-order valence-corrected chi connectivity index (χ2v) is 4.97. The molecule has 0 radical (unpaired) electrons. The Balaban J connectivity index is 2.37. The van der Waals surface area contributed by atoms with Crippen LogP contribution in [0, 0.1) is 11.3 Å². The number of halogens is 1. The zero-order valence-corrected chi connectivity index (χ0v) is 13.3. The van der Waals surface area contributed by atoms with Crippen molar-refractivity contribution in [2.75, 3.05) is 26.8 Å². The average Bonchev–Trinajstić information content (AvgIpc) is 2.53. The van der Waals surface area contributed by atoms with Crippen molar-refractivity contribution in [1.29, 1.82) is 5.26 Å². The summed E-state index contributed by atoms with van der Waals surface area (Å²) in [6.45, 7) is 1.64. The van der Waals surface area contributed by atoms with Crippen LogP contribution in [0.4, 0.5) is 0 Å². The fourth-order valence-electron chi connectivity index (χ4n) is 1.74. The van der Waals surface area contributed by atoms with Crippen LogP contribution in [-0.4, -0.2) is 32.7 Å². The van der Waals surface area contributed by atoms with E-state index in [1.54, 1.807) is 7.11 Å². The van der Waals surface area contributed by atoms with Gasteiger partial charge >= 0.3 is 0 Å². The number of nitrogens with one attached hydrogen (secondary N) is 2. The van der Waals surface area contributed by atoms with Crippen LogP contribution in [0.15, 0.2) is 36.0 Å². The lowest BCUT2D eigenvalue weighted by Crippen LogP contribution is -2.27. The molecule has 0 heterocycles. The minimum Gasteiger partial charge on any atom is -0.389 e. The fraction of sp³-hybridized carbons (Fsp3) is 0.375. The first kappa shape index (κ1) is 18.0. The van der Waals surface area contributed by atoms with E-state index in [4.69, 9.17) is 21.6 Å². The molecule has 0 aliphatic carbocycles. The number of methoxy groups -OCH3 is 1. The highest BCUT2D eigenvalue weighted by atomic mass is 35.5. The predicted molar refractivity (Wildman–Crippen MR) is 86.4 cm³/mol. The first-order valence-corrected chi connectivity index (χ1v) is 7.41. The van der Waals surface area contributed by atoms with Gasteiger partial charge in [-0.25, -0.2) is 0 Å². The van der Waals surface area contributed by atoms with Crippen molar-refractivity contribution in [2.24, 2.45) is 0 Å². The summed E-state index contributed by atoms with van der Waals surface area (Å²) in [6, 6.07) is 9.46. The standard InChI is InChI=1S/C16H20ClN3O2/c1-22-10-4-8-20-16(21)14(11-18)12-19-9-7-13-5-2-3-6-15(13)17/h2-3,5-6,12,19H,4,7-10H2,1H3,(H,20,21)/b14-12-. The maximum Gasteiger partial charge on any atom is 0.263 e. The van der Waals surface area contributed by atoms with Crippen molar-refractivity contribution < 1.29 is 9.53 Å². The first-order valence-electron chi connectivity index (χ1n) is 7.03. The second-order valence-electron chi connectivity index (χ2n) is 4.57. The van der Waals surface area contributed by atoms with E-state index in [2.05, 4.69) is 10.6 Å². The van der Waals surface area contributed by atoms with Crippen molar-refractivity contribution in [3.8, 4) is 6.07 Å². The quantitative estimate of drug-likeness (QED) is 0.414. The molecule has 5 nitrogen and oxygen atoms in total. The van der Waals surface area contributed by atoms with Crippen molar-refractivity contribution >= 4 is 17.5 Å². The van der Waals surface area contributed by atoms with E-state index in [0.29, 0.717) is 37.6 Å². The SMILES string of the molecule is COCCCNC(=O)/C(C#N)=C\NCCc1ccccc1Cl. The van der Waals surface area contributed by atoms with Crippen LogP contribution >= 0.6 is 11.6 Å². The van der Waals surface area contributed by atoms with Crippen molar-refractivity contribution in [2.45, 2.75) is 12.8 Å². The molecule has 0 saturated heterocycles. The lowest BCUT2D eigenvalue weighted by atomic mass is 10.1. The predicted octanol–water partition coefficient (Wildman–Crippen LogP) is 2.03. The third-order valence-corrected chi connectivity index (χ3v) is 3.29. The first-order chi connectivity index (χ1) is 10.7. The fourth-order valence-corrected chi connectivity index (χ4v) is 1.97. The molecular formula is C16H20ClN3O2. The molecule has 6 heteroatoms. The molecule has 0 atom stereocenters. The summed E-state index contributed by atoms with van der Waals surface area (Å²) in [7, 11) is 1.60. The number of carbonyl (C=O) groups is 1. The Kier molecular flexibility index (Phi) is 8.73. The normalized spacial score (nSPS) is 10.9. The zero-order valence-electron chi connectivity index (χ0n) is 12.6. The van der Waals surface area contributed by atoms with Crippen molar-refractivity contribution in [3.63, 3.8) is 0 Å². The number of amides is 1. The Morgan fingerprint density at radius 2 is 2.18 bits per heavy atom. The summed E-state index contributed by atoms with van der Waals surface area (Å²) in [6.07, 6.45) is 2.85. The van der Waals surface area contributed by atoms with Gasteiger partial charge in [0.15, 0.2) is 0 Å². The molecule has 1 aromatic carbocycles. The molecule has 0 fully saturated rings. The molecule has 0 aliphatic rings. The third-order valence-electron chi connectivity index (χ3n) is 2.92. The van der Waals surface area contributed by atoms with Crippen LogP contribution in [0.5, 0.6) is 0 Å². The average molecular weight is 322 g/mol. The van der Waals surface area contributed by atoms with Crippen LogP contribution in [0.2, 0.25) is 5.02 Å². The van der Waals surface area contributed by atoms with Gasteiger partial charge in [0.1, 0.15) is 11.6 Å². The molecule has 0 spiro atoms. The van der Waals surface area contributed by atoms with E-state index >= 15 is 0 Å². The number of nitrogens with zero attached hydrogens (tertiary/aromatic N) is 1. The summed E-state index contributed by atoms with van der Waals surface area (Å²) in [5.41, 5.74) is 1.07.